The summed E-state index contributed by atoms with van der Waals surface area (Å²) in [5, 5.41) is 13.0. The standard InChI is InChI=1S/C29H26Cl2N4O2/c1-4-19-11-13-20(14-12-19)27(25-17(2)32-34(28(25)36)23-9-5-7-21(30)15-23)26-18(3)33-35(29(26)37)24-10-6-8-22(31)16-24/h5-16,25-27H,4H2,1-3H3. The lowest BCUT2D eigenvalue weighted by atomic mass is 9.73. The number of carbonyl (C=O) groups excluding carboxylic acids is 2. The normalized spacial score (nSPS) is 20.4. The van der Waals surface area contributed by atoms with Crippen molar-refractivity contribution in [1.82, 2.24) is 0 Å². The van der Waals surface area contributed by atoms with Crippen molar-refractivity contribution in [3.05, 3.63) is 94.0 Å². The molecule has 0 saturated carbocycles. The molecule has 2 heterocycles. The van der Waals surface area contributed by atoms with E-state index in [-0.39, 0.29) is 11.8 Å². The van der Waals surface area contributed by atoms with Gasteiger partial charge in [-0.25, -0.2) is 10.0 Å². The van der Waals surface area contributed by atoms with Gasteiger partial charge in [-0.3, -0.25) is 9.59 Å². The van der Waals surface area contributed by atoms with Crippen LogP contribution in [-0.2, 0) is 16.0 Å². The number of amides is 2. The van der Waals surface area contributed by atoms with E-state index >= 15 is 0 Å². The average Bonchev–Trinajstić information content (AvgIpc) is 3.35. The molecule has 2 unspecified atom stereocenters. The Morgan fingerprint density at radius 3 is 1.62 bits per heavy atom. The maximum absolute atomic E-state index is 13.9. The molecule has 0 N–H and O–H groups in total. The first-order chi connectivity index (χ1) is 17.8. The van der Waals surface area contributed by atoms with Crippen LogP contribution in [0.4, 0.5) is 11.4 Å². The molecule has 3 aromatic carbocycles. The van der Waals surface area contributed by atoms with E-state index in [4.69, 9.17) is 23.2 Å². The van der Waals surface area contributed by atoms with E-state index < -0.39 is 17.8 Å². The molecule has 2 aliphatic rings. The number of carbonyl (C=O) groups is 2. The van der Waals surface area contributed by atoms with Gasteiger partial charge in [-0.15, -0.1) is 0 Å². The summed E-state index contributed by atoms with van der Waals surface area (Å²) in [4.78, 5) is 27.8. The molecule has 6 nitrogen and oxygen atoms in total. The minimum absolute atomic E-state index is 0.203. The second kappa shape index (κ2) is 10.1. The van der Waals surface area contributed by atoms with Crippen molar-refractivity contribution in [3.63, 3.8) is 0 Å². The molecule has 37 heavy (non-hydrogen) atoms. The van der Waals surface area contributed by atoms with Crippen molar-refractivity contribution >= 4 is 57.8 Å². The van der Waals surface area contributed by atoms with E-state index in [1.54, 1.807) is 48.5 Å². The molecule has 8 heteroatoms. The van der Waals surface area contributed by atoms with Crippen LogP contribution in [0.25, 0.3) is 0 Å². The number of aryl methyl sites for hydroxylation is 1. The largest absolute Gasteiger partial charge is 0.272 e. The number of anilines is 2. The minimum atomic E-state index is -0.648. The third-order valence-electron chi connectivity index (χ3n) is 6.96. The Labute approximate surface area is 226 Å². The summed E-state index contributed by atoms with van der Waals surface area (Å²) in [7, 11) is 0. The number of benzene rings is 3. The van der Waals surface area contributed by atoms with Gasteiger partial charge in [-0.1, -0.05) is 66.5 Å². The monoisotopic (exact) mass is 532 g/mol. The topological polar surface area (TPSA) is 65.3 Å². The van der Waals surface area contributed by atoms with Gasteiger partial charge in [-0.2, -0.15) is 10.2 Å². The van der Waals surface area contributed by atoms with Crippen LogP contribution in [0.3, 0.4) is 0 Å². The van der Waals surface area contributed by atoms with Crippen molar-refractivity contribution in [2.45, 2.75) is 33.1 Å². The number of nitrogens with zero attached hydrogens (tertiary/aromatic N) is 4. The number of hydrazone groups is 2. The summed E-state index contributed by atoms with van der Waals surface area (Å²) in [5.41, 5.74) is 4.51. The second-order valence-corrected chi connectivity index (χ2v) is 10.2. The Morgan fingerprint density at radius 1 is 0.757 bits per heavy atom. The molecule has 0 spiro atoms. The summed E-state index contributed by atoms with van der Waals surface area (Å²) in [6.45, 7) is 5.76. The van der Waals surface area contributed by atoms with Crippen molar-refractivity contribution < 1.29 is 9.59 Å². The zero-order valence-corrected chi connectivity index (χ0v) is 22.2. The van der Waals surface area contributed by atoms with Crippen LogP contribution < -0.4 is 10.0 Å². The van der Waals surface area contributed by atoms with Crippen LogP contribution in [0.1, 0.15) is 37.8 Å². The lowest BCUT2D eigenvalue weighted by Gasteiger charge is -2.29. The van der Waals surface area contributed by atoms with E-state index in [9.17, 15) is 9.59 Å². The SMILES string of the molecule is CCc1ccc(C(C2C(=O)N(c3cccc(Cl)c3)N=C2C)C2C(=O)N(c3cccc(Cl)c3)N=C2C)cc1. The molecule has 0 bridgehead atoms. The molecular weight excluding hydrogens is 507 g/mol. The highest BCUT2D eigenvalue weighted by Crippen LogP contribution is 2.43. The third-order valence-corrected chi connectivity index (χ3v) is 7.43. The molecule has 5 rings (SSSR count). The highest BCUT2D eigenvalue weighted by atomic mass is 35.5. The van der Waals surface area contributed by atoms with Crippen LogP contribution in [0.2, 0.25) is 10.0 Å². The minimum Gasteiger partial charge on any atom is -0.272 e. The summed E-state index contributed by atoms with van der Waals surface area (Å²) < 4.78 is 0. The van der Waals surface area contributed by atoms with Gasteiger partial charge in [0.2, 0.25) is 0 Å². The van der Waals surface area contributed by atoms with Gasteiger partial charge in [0, 0.05) is 27.4 Å². The maximum Gasteiger partial charge on any atom is 0.256 e. The number of hydrogen-bond acceptors (Lipinski definition) is 4. The summed E-state index contributed by atoms with van der Waals surface area (Å²) in [6.07, 6.45) is 0.891. The molecule has 2 atom stereocenters. The predicted molar refractivity (Wildman–Crippen MR) is 150 cm³/mol. The van der Waals surface area contributed by atoms with Gasteiger partial charge < -0.3 is 0 Å². The molecule has 0 aliphatic carbocycles. The molecule has 0 aromatic heterocycles. The van der Waals surface area contributed by atoms with Crippen LogP contribution >= 0.6 is 23.2 Å². The molecule has 0 fully saturated rings. The van der Waals surface area contributed by atoms with Gasteiger partial charge in [0.1, 0.15) is 0 Å². The van der Waals surface area contributed by atoms with Gasteiger partial charge in [-0.05, 0) is 67.8 Å². The Kier molecular flexibility index (Phi) is 6.88. The maximum atomic E-state index is 13.9. The van der Waals surface area contributed by atoms with E-state index in [2.05, 4.69) is 17.1 Å². The Hall–Kier alpha value is -3.48. The fourth-order valence-corrected chi connectivity index (χ4v) is 5.49. The highest BCUT2D eigenvalue weighted by molar-refractivity contribution is 6.31. The van der Waals surface area contributed by atoms with E-state index in [0.717, 1.165) is 12.0 Å². The Morgan fingerprint density at radius 2 is 1.22 bits per heavy atom. The summed E-state index contributed by atoms with van der Waals surface area (Å²) >= 11 is 12.4. The van der Waals surface area contributed by atoms with Crippen molar-refractivity contribution in [3.8, 4) is 0 Å². The van der Waals surface area contributed by atoms with Crippen LogP contribution in [0.5, 0.6) is 0 Å². The Balaban J connectivity index is 1.57. The van der Waals surface area contributed by atoms with Crippen LogP contribution in [-0.4, -0.2) is 23.2 Å². The van der Waals surface area contributed by atoms with Crippen LogP contribution in [0.15, 0.2) is 83.0 Å². The lowest BCUT2D eigenvalue weighted by molar-refractivity contribution is -0.122. The third kappa shape index (κ3) is 4.67. The first kappa shape index (κ1) is 25.2. The quantitative estimate of drug-likeness (QED) is 0.353. The van der Waals surface area contributed by atoms with Gasteiger partial charge in [0.25, 0.3) is 11.8 Å². The fraction of sp³-hybridized carbons (Fsp3) is 0.241. The van der Waals surface area contributed by atoms with Gasteiger partial charge in [0.05, 0.1) is 23.2 Å². The molecule has 3 aromatic rings. The number of hydrogen-bond donors (Lipinski definition) is 0. The Bertz CT molecular complexity index is 1350. The van der Waals surface area contributed by atoms with Crippen molar-refractivity contribution in [2.75, 3.05) is 10.0 Å². The summed E-state index contributed by atoms with van der Waals surface area (Å²) in [6, 6.07) is 22.2. The number of rotatable bonds is 6. The molecule has 2 aliphatic heterocycles. The van der Waals surface area contributed by atoms with Crippen molar-refractivity contribution in [2.24, 2.45) is 22.0 Å². The first-order valence-corrected chi connectivity index (χ1v) is 12.9. The summed E-state index contributed by atoms with van der Waals surface area (Å²) in [5.74, 6) is -2.20. The van der Waals surface area contributed by atoms with E-state index in [1.807, 2.05) is 38.1 Å². The van der Waals surface area contributed by atoms with Crippen molar-refractivity contribution in [1.29, 1.82) is 0 Å². The second-order valence-electron chi connectivity index (χ2n) is 9.32. The highest BCUT2D eigenvalue weighted by Gasteiger charge is 2.50. The first-order valence-electron chi connectivity index (χ1n) is 12.2. The zero-order valence-electron chi connectivity index (χ0n) is 20.7. The van der Waals surface area contributed by atoms with E-state index in [0.29, 0.717) is 32.8 Å². The smallest absolute Gasteiger partial charge is 0.256 e. The van der Waals surface area contributed by atoms with Gasteiger partial charge >= 0.3 is 0 Å². The molecular formula is C29H26Cl2N4O2. The molecule has 0 saturated heterocycles. The predicted octanol–water partition coefficient (Wildman–Crippen LogP) is 6.72. The number of halogens is 2. The lowest BCUT2D eigenvalue weighted by Crippen LogP contribution is -2.40. The van der Waals surface area contributed by atoms with Gasteiger partial charge in [0.15, 0.2) is 0 Å². The fourth-order valence-electron chi connectivity index (χ4n) is 5.12. The zero-order chi connectivity index (χ0) is 26.3. The molecule has 2 amide bonds. The van der Waals surface area contributed by atoms with Crippen LogP contribution in [0, 0.1) is 11.8 Å². The average molecular weight is 533 g/mol. The molecule has 0 radical (unpaired) electrons. The van der Waals surface area contributed by atoms with E-state index in [1.165, 1.54) is 15.6 Å². The molecule has 188 valence electrons.